The van der Waals surface area contributed by atoms with Gasteiger partial charge in [-0.25, -0.2) is 4.79 Å². The largest absolute Gasteiger partial charge is 0.478 e. The minimum atomic E-state index is -0.870. The summed E-state index contributed by atoms with van der Waals surface area (Å²) in [6.45, 7) is 8.44. The first-order valence-electron chi connectivity index (χ1n) is 7.68. The lowest BCUT2D eigenvalue weighted by molar-refractivity contribution is 0.0697. The molecule has 0 radical (unpaired) electrons. The molecule has 0 fully saturated rings. The summed E-state index contributed by atoms with van der Waals surface area (Å²) >= 11 is 0. The van der Waals surface area contributed by atoms with Gasteiger partial charge in [-0.05, 0) is 47.2 Å². The minimum Gasteiger partial charge on any atom is -0.478 e. The Hall–Kier alpha value is -2.60. The van der Waals surface area contributed by atoms with Crippen molar-refractivity contribution >= 4 is 5.97 Å². The highest BCUT2D eigenvalue weighted by molar-refractivity contribution is 5.87. The molecule has 2 aromatic carbocycles. The lowest BCUT2D eigenvalue weighted by atomic mass is 10.0. The predicted octanol–water partition coefficient (Wildman–Crippen LogP) is 5.19. The average molecular weight is 309 g/mol. The number of carbonyl (C=O) groups is 1. The van der Waals surface area contributed by atoms with Gasteiger partial charge in [0.15, 0.2) is 0 Å². The second kappa shape index (κ2) is 8.75. The Morgan fingerprint density at radius 2 is 1.26 bits per heavy atom. The maximum atomic E-state index is 10.5. The van der Waals surface area contributed by atoms with Crippen molar-refractivity contribution in [2.24, 2.45) is 0 Å². The average Bonchev–Trinajstić information content (AvgIpc) is 2.55. The van der Waals surface area contributed by atoms with E-state index in [9.17, 15) is 4.79 Å². The molecule has 0 amide bonds. The number of hydrogen-bond acceptors (Lipinski definition) is 2. The molecule has 0 saturated heterocycles. The summed E-state index contributed by atoms with van der Waals surface area (Å²) < 4.78 is 0. The van der Waals surface area contributed by atoms with Crippen LogP contribution in [0.25, 0.3) is 0 Å². The lowest BCUT2D eigenvalue weighted by Crippen LogP contribution is -1.96. The monoisotopic (exact) mass is 309 g/mol. The van der Waals surface area contributed by atoms with Gasteiger partial charge in [0.25, 0.3) is 0 Å². The molecule has 1 N–H and O–H groups in total. The SMILES string of the molecule is CC(C)c1ccc(C#N)cc1.CC(C)c1ccc(C(=O)O)cc1. The van der Waals surface area contributed by atoms with E-state index in [1.54, 1.807) is 12.1 Å². The summed E-state index contributed by atoms with van der Waals surface area (Å²) in [6, 6.07) is 16.8. The molecule has 0 saturated carbocycles. The number of carboxylic acid groups (broad SMARTS) is 1. The third-order valence-corrected chi connectivity index (χ3v) is 3.53. The zero-order chi connectivity index (χ0) is 17.4. The molecule has 23 heavy (non-hydrogen) atoms. The van der Waals surface area contributed by atoms with Crippen LogP contribution in [0, 0.1) is 11.3 Å². The van der Waals surface area contributed by atoms with Crippen LogP contribution < -0.4 is 0 Å². The third-order valence-electron chi connectivity index (χ3n) is 3.53. The van der Waals surface area contributed by atoms with Crippen LogP contribution in [0.4, 0.5) is 0 Å². The van der Waals surface area contributed by atoms with Crippen LogP contribution in [0.2, 0.25) is 0 Å². The van der Waals surface area contributed by atoms with Crippen molar-refractivity contribution in [3.63, 3.8) is 0 Å². The number of carboxylic acids is 1. The zero-order valence-corrected chi connectivity index (χ0v) is 14.1. The molecule has 0 unspecified atom stereocenters. The fraction of sp³-hybridized carbons (Fsp3) is 0.300. The van der Waals surface area contributed by atoms with Crippen LogP contribution in [0.3, 0.4) is 0 Å². The van der Waals surface area contributed by atoms with Crippen molar-refractivity contribution in [2.45, 2.75) is 39.5 Å². The van der Waals surface area contributed by atoms with E-state index in [2.05, 4.69) is 33.8 Å². The molecule has 3 nitrogen and oxygen atoms in total. The molecule has 2 aromatic rings. The van der Waals surface area contributed by atoms with Crippen molar-refractivity contribution in [1.82, 2.24) is 0 Å². The lowest BCUT2D eigenvalue weighted by Gasteiger charge is -2.04. The van der Waals surface area contributed by atoms with Crippen molar-refractivity contribution in [2.75, 3.05) is 0 Å². The van der Waals surface area contributed by atoms with Crippen LogP contribution in [-0.4, -0.2) is 11.1 Å². The predicted molar refractivity (Wildman–Crippen MR) is 92.7 cm³/mol. The third kappa shape index (κ3) is 5.96. The molecule has 0 aliphatic heterocycles. The highest BCUT2D eigenvalue weighted by Gasteiger charge is 2.02. The van der Waals surface area contributed by atoms with Gasteiger partial charge in [-0.1, -0.05) is 52.0 Å². The fourth-order valence-electron chi connectivity index (χ4n) is 1.95. The van der Waals surface area contributed by atoms with Gasteiger partial charge < -0.3 is 5.11 Å². The van der Waals surface area contributed by atoms with E-state index >= 15 is 0 Å². The summed E-state index contributed by atoms with van der Waals surface area (Å²) in [4.78, 5) is 10.5. The Morgan fingerprint density at radius 1 is 0.870 bits per heavy atom. The fourth-order valence-corrected chi connectivity index (χ4v) is 1.95. The number of rotatable bonds is 3. The summed E-state index contributed by atoms with van der Waals surface area (Å²) in [5.41, 5.74) is 3.53. The number of benzene rings is 2. The van der Waals surface area contributed by atoms with E-state index in [1.807, 2.05) is 36.4 Å². The van der Waals surface area contributed by atoms with Crippen molar-refractivity contribution < 1.29 is 9.90 Å². The minimum absolute atomic E-state index is 0.347. The molecule has 3 heteroatoms. The van der Waals surface area contributed by atoms with Gasteiger partial charge in [0, 0.05) is 0 Å². The molecule has 0 bridgehead atoms. The van der Waals surface area contributed by atoms with Gasteiger partial charge >= 0.3 is 5.97 Å². The Labute approximate surface area is 138 Å². The molecule has 0 spiro atoms. The Morgan fingerprint density at radius 3 is 1.57 bits per heavy atom. The van der Waals surface area contributed by atoms with Gasteiger partial charge in [0.2, 0.25) is 0 Å². The number of nitrogens with zero attached hydrogens (tertiary/aromatic N) is 1. The van der Waals surface area contributed by atoms with Crippen LogP contribution >= 0.6 is 0 Å². The van der Waals surface area contributed by atoms with E-state index < -0.39 is 5.97 Å². The molecular weight excluding hydrogens is 286 g/mol. The summed E-state index contributed by atoms with van der Waals surface area (Å²) in [7, 11) is 0. The molecular formula is C20H23NO2. The standard InChI is InChI=1S/C10H11N.C10H12O2/c1-8(2)10-5-3-9(7-11)4-6-10;1-7(2)8-3-5-9(6-4-8)10(11)12/h3-6,8H,1-2H3;3-7H,1-2H3,(H,11,12). The van der Waals surface area contributed by atoms with Gasteiger partial charge in [-0.15, -0.1) is 0 Å². The van der Waals surface area contributed by atoms with Gasteiger partial charge in [0.1, 0.15) is 0 Å². The smallest absolute Gasteiger partial charge is 0.335 e. The second-order valence-corrected chi connectivity index (χ2v) is 5.97. The Kier molecular flexibility index (Phi) is 7.02. The van der Waals surface area contributed by atoms with E-state index in [0.717, 1.165) is 5.56 Å². The maximum Gasteiger partial charge on any atom is 0.335 e. The Balaban J connectivity index is 0.000000231. The van der Waals surface area contributed by atoms with E-state index in [0.29, 0.717) is 17.4 Å². The maximum absolute atomic E-state index is 10.5. The number of hydrogen-bond donors (Lipinski definition) is 1. The molecule has 2 rings (SSSR count). The quantitative estimate of drug-likeness (QED) is 0.848. The topological polar surface area (TPSA) is 61.1 Å². The first kappa shape index (κ1) is 18.4. The van der Waals surface area contributed by atoms with Gasteiger partial charge in [-0.3, -0.25) is 0 Å². The van der Waals surface area contributed by atoms with Crippen LogP contribution in [0.5, 0.6) is 0 Å². The normalized spacial score (nSPS) is 9.96. The van der Waals surface area contributed by atoms with E-state index in [-0.39, 0.29) is 0 Å². The molecule has 0 aliphatic rings. The summed E-state index contributed by atoms with van der Waals surface area (Å²) in [6.07, 6.45) is 0. The van der Waals surface area contributed by atoms with Crippen LogP contribution in [0.15, 0.2) is 48.5 Å². The van der Waals surface area contributed by atoms with Crippen LogP contribution in [-0.2, 0) is 0 Å². The Bertz CT molecular complexity index is 662. The summed E-state index contributed by atoms with van der Waals surface area (Å²) in [5.74, 6) is 0.126. The van der Waals surface area contributed by atoms with E-state index in [4.69, 9.17) is 10.4 Å². The van der Waals surface area contributed by atoms with Crippen LogP contribution in [0.1, 0.15) is 66.6 Å². The highest BCUT2D eigenvalue weighted by atomic mass is 16.4. The molecule has 0 atom stereocenters. The van der Waals surface area contributed by atoms with Gasteiger partial charge in [-0.2, -0.15) is 5.26 Å². The first-order valence-corrected chi connectivity index (χ1v) is 7.68. The first-order chi connectivity index (χ1) is 10.8. The molecule has 120 valence electrons. The van der Waals surface area contributed by atoms with Gasteiger partial charge in [0.05, 0.1) is 17.2 Å². The van der Waals surface area contributed by atoms with E-state index in [1.165, 1.54) is 11.1 Å². The number of nitriles is 1. The van der Waals surface area contributed by atoms with Crippen molar-refractivity contribution in [1.29, 1.82) is 5.26 Å². The van der Waals surface area contributed by atoms with Crippen molar-refractivity contribution in [3.05, 3.63) is 70.8 Å². The summed E-state index contributed by atoms with van der Waals surface area (Å²) in [5, 5.41) is 17.1. The second-order valence-electron chi connectivity index (χ2n) is 5.97. The molecule has 0 aliphatic carbocycles. The molecule has 0 aromatic heterocycles. The number of aromatic carboxylic acids is 1. The van der Waals surface area contributed by atoms with Crippen molar-refractivity contribution in [3.8, 4) is 6.07 Å². The highest BCUT2D eigenvalue weighted by Crippen LogP contribution is 2.15. The molecule has 0 heterocycles. The zero-order valence-electron chi connectivity index (χ0n) is 14.1.